The lowest BCUT2D eigenvalue weighted by Crippen LogP contribution is -2.30. The summed E-state index contributed by atoms with van der Waals surface area (Å²) >= 11 is 0. The predicted molar refractivity (Wildman–Crippen MR) is 117 cm³/mol. The normalized spacial score (nSPS) is 14.2. The average Bonchev–Trinajstić information content (AvgIpc) is 3.24. The molecule has 2 N–H and O–H groups in total. The van der Waals surface area contributed by atoms with Crippen molar-refractivity contribution in [3.05, 3.63) is 70.8 Å². The van der Waals surface area contributed by atoms with Crippen molar-refractivity contribution in [1.29, 1.82) is 0 Å². The number of para-hydroxylation sites is 1. The second-order valence-electron chi connectivity index (χ2n) is 7.47. The first-order chi connectivity index (χ1) is 14.8. The van der Waals surface area contributed by atoms with Crippen LogP contribution in [-0.4, -0.2) is 37.8 Å². The minimum atomic E-state index is -0.214. The Kier molecular flexibility index (Phi) is 4.88. The largest absolute Gasteiger partial charge is 0.357 e. The molecule has 3 aromatic heterocycles. The van der Waals surface area contributed by atoms with Crippen LogP contribution in [0.4, 0.5) is 11.8 Å². The van der Waals surface area contributed by atoms with Crippen molar-refractivity contribution in [3.63, 3.8) is 0 Å². The summed E-state index contributed by atoms with van der Waals surface area (Å²) in [6, 6.07) is 13.7. The van der Waals surface area contributed by atoms with Crippen molar-refractivity contribution in [2.45, 2.75) is 25.8 Å². The third-order valence-corrected chi connectivity index (χ3v) is 5.39. The number of piperidine rings is 1. The molecule has 5 rings (SSSR count). The lowest BCUT2D eigenvalue weighted by atomic mass is 10.1. The van der Waals surface area contributed by atoms with Gasteiger partial charge in [0, 0.05) is 25.8 Å². The first-order valence-corrected chi connectivity index (χ1v) is 10.3. The Morgan fingerprint density at radius 3 is 2.73 bits per heavy atom. The topological polar surface area (TPSA) is 91.7 Å². The molecule has 0 spiro atoms. The number of nitrogens with one attached hydrogen (secondary N) is 2. The zero-order valence-electron chi connectivity index (χ0n) is 16.6. The quantitative estimate of drug-likeness (QED) is 0.534. The van der Waals surface area contributed by atoms with E-state index < -0.39 is 0 Å². The van der Waals surface area contributed by atoms with Crippen LogP contribution in [0.15, 0.2) is 59.7 Å². The molecule has 1 saturated heterocycles. The van der Waals surface area contributed by atoms with E-state index >= 15 is 0 Å². The molecule has 4 aromatic rings. The highest BCUT2D eigenvalue weighted by Gasteiger charge is 2.13. The maximum absolute atomic E-state index is 12.5. The minimum absolute atomic E-state index is 0.214. The van der Waals surface area contributed by atoms with Crippen molar-refractivity contribution < 1.29 is 0 Å². The Balaban J connectivity index is 1.39. The van der Waals surface area contributed by atoms with Crippen LogP contribution in [0.2, 0.25) is 0 Å². The Morgan fingerprint density at radius 1 is 1.07 bits per heavy atom. The van der Waals surface area contributed by atoms with Gasteiger partial charge in [-0.05, 0) is 49.1 Å². The van der Waals surface area contributed by atoms with E-state index in [0.29, 0.717) is 23.5 Å². The molecule has 1 aromatic carbocycles. The lowest BCUT2D eigenvalue weighted by Gasteiger charge is -2.27. The number of nitrogens with zero attached hydrogens (tertiary/aromatic N) is 5. The van der Waals surface area contributed by atoms with Crippen molar-refractivity contribution >= 4 is 22.8 Å². The highest BCUT2D eigenvalue weighted by molar-refractivity contribution is 5.76. The van der Waals surface area contributed by atoms with E-state index in [0.717, 1.165) is 30.2 Å². The van der Waals surface area contributed by atoms with Crippen LogP contribution in [0, 0.1) is 0 Å². The monoisotopic (exact) mass is 401 g/mol. The number of H-pyrrole nitrogens is 1. The van der Waals surface area contributed by atoms with Gasteiger partial charge in [0.05, 0.1) is 11.9 Å². The van der Waals surface area contributed by atoms with Crippen LogP contribution in [0.25, 0.3) is 16.7 Å². The fourth-order valence-corrected chi connectivity index (χ4v) is 3.81. The summed E-state index contributed by atoms with van der Waals surface area (Å²) in [5.41, 5.74) is 2.26. The van der Waals surface area contributed by atoms with Gasteiger partial charge in [-0.25, -0.2) is 9.67 Å². The van der Waals surface area contributed by atoms with Crippen molar-refractivity contribution in [2.24, 2.45) is 0 Å². The molecule has 1 fully saturated rings. The van der Waals surface area contributed by atoms with Crippen molar-refractivity contribution in [1.82, 2.24) is 24.7 Å². The lowest BCUT2D eigenvalue weighted by molar-refractivity contribution is 0.573. The molecular formula is C22H23N7O. The van der Waals surface area contributed by atoms with Crippen LogP contribution in [0.5, 0.6) is 0 Å². The molecule has 0 bridgehead atoms. The molecule has 0 radical (unpaired) electrons. The average molecular weight is 401 g/mol. The number of anilines is 2. The van der Waals surface area contributed by atoms with Crippen LogP contribution < -0.4 is 15.8 Å². The molecule has 1 aliphatic heterocycles. The van der Waals surface area contributed by atoms with E-state index in [4.69, 9.17) is 0 Å². The van der Waals surface area contributed by atoms with Crippen molar-refractivity contribution in [2.75, 3.05) is 23.3 Å². The Morgan fingerprint density at radius 2 is 1.90 bits per heavy atom. The third kappa shape index (κ3) is 3.63. The number of fused-ring (bicyclic) bond motifs is 1. The maximum atomic E-state index is 12.5. The Hall–Kier alpha value is -3.68. The fourth-order valence-electron chi connectivity index (χ4n) is 3.81. The molecule has 8 heteroatoms. The number of hydrogen-bond acceptors (Lipinski definition) is 6. The summed E-state index contributed by atoms with van der Waals surface area (Å²) in [5, 5.41) is 8.04. The predicted octanol–water partition coefficient (Wildman–Crippen LogP) is 3.11. The first kappa shape index (κ1) is 18.4. The van der Waals surface area contributed by atoms with Gasteiger partial charge in [-0.1, -0.05) is 18.2 Å². The molecule has 4 heterocycles. The Bertz CT molecular complexity index is 1210. The van der Waals surface area contributed by atoms with E-state index in [-0.39, 0.29) is 5.56 Å². The number of aromatic amines is 1. The van der Waals surface area contributed by atoms with Crippen molar-refractivity contribution in [3.8, 4) is 5.69 Å². The molecule has 1 aliphatic rings. The summed E-state index contributed by atoms with van der Waals surface area (Å²) in [5.74, 6) is 1.43. The van der Waals surface area contributed by atoms with Crippen LogP contribution in [0.1, 0.15) is 24.8 Å². The van der Waals surface area contributed by atoms with Crippen LogP contribution in [0.3, 0.4) is 0 Å². The maximum Gasteiger partial charge on any atom is 0.263 e. The molecule has 152 valence electrons. The molecule has 8 nitrogen and oxygen atoms in total. The number of pyridine rings is 1. The van der Waals surface area contributed by atoms with Gasteiger partial charge in [0.2, 0.25) is 5.95 Å². The number of rotatable bonds is 5. The summed E-state index contributed by atoms with van der Waals surface area (Å²) in [4.78, 5) is 26.8. The van der Waals surface area contributed by atoms with E-state index in [2.05, 4.69) is 36.3 Å². The molecular weight excluding hydrogens is 378 g/mol. The number of benzene rings is 1. The number of aromatic nitrogens is 5. The summed E-state index contributed by atoms with van der Waals surface area (Å²) in [6.07, 6.45) is 7.10. The highest BCUT2D eigenvalue weighted by atomic mass is 16.1. The molecule has 0 atom stereocenters. The smallest absolute Gasteiger partial charge is 0.263 e. The molecule has 0 saturated carbocycles. The summed E-state index contributed by atoms with van der Waals surface area (Å²) in [6.45, 7) is 2.65. The first-order valence-electron chi connectivity index (χ1n) is 10.3. The molecule has 0 unspecified atom stereocenters. The van der Waals surface area contributed by atoms with Gasteiger partial charge in [-0.2, -0.15) is 10.1 Å². The zero-order valence-corrected chi connectivity index (χ0v) is 16.6. The van der Waals surface area contributed by atoms with Crippen LogP contribution >= 0.6 is 0 Å². The fraction of sp³-hybridized carbons (Fsp3) is 0.273. The van der Waals surface area contributed by atoms with E-state index in [1.165, 1.54) is 19.3 Å². The molecule has 30 heavy (non-hydrogen) atoms. The standard InChI is InChI=1S/C22H23N7O/c30-21-18-15-25-29(17-7-3-1-4-8-17)20(18)26-22(27-21)24-14-16-9-10-23-19(13-16)28-11-5-2-6-12-28/h1,3-4,7-10,13,15H,2,5-6,11-12,14H2,(H2,24,26,27,30). The van der Waals surface area contributed by atoms with E-state index in [1.54, 1.807) is 10.9 Å². The SMILES string of the molecule is O=c1[nH]c(NCc2ccnc(N3CCCCC3)c2)nc2c1cnn2-c1ccccc1. The van der Waals surface area contributed by atoms with Gasteiger partial charge in [0.1, 0.15) is 11.2 Å². The molecule has 0 aliphatic carbocycles. The van der Waals surface area contributed by atoms with Gasteiger partial charge < -0.3 is 10.2 Å². The molecule has 0 amide bonds. The highest BCUT2D eigenvalue weighted by Crippen LogP contribution is 2.19. The summed E-state index contributed by atoms with van der Waals surface area (Å²) < 4.78 is 1.68. The zero-order chi connectivity index (χ0) is 20.3. The Labute approximate surface area is 173 Å². The van der Waals surface area contributed by atoms with Gasteiger partial charge in [-0.15, -0.1) is 0 Å². The van der Waals surface area contributed by atoms with Gasteiger partial charge in [0.25, 0.3) is 5.56 Å². The van der Waals surface area contributed by atoms with Gasteiger partial charge in [0.15, 0.2) is 5.65 Å². The van der Waals surface area contributed by atoms with Crippen LogP contribution in [-0.2, 0) is 6.54 Å². The summed E-state index contributed by atoms with van der Waals surface area (Å²) in [7, 11) is 0. The third-order valence-electron chi connectivity index (χ3n) is 5.39. The van der Waals surface area contributed by atoms with Gasteiger partial charge >= 0.3 is 0 Å². The number of hydrogen-bond donors (Lipinski definition) is 2. The second kappa shape index (κ2) is 7.98. The van der Waals surface area contributed by atoms with Gasteiger partial charge in [-0.3, -0.25) is 9.78 Å². The van der Waals surface area contributed by atoms with E-state index in [9.17, 15) is 4.79 Å². The second-order valence-corrected chi connectivity index (χ2v) is 7.47. The minimum Gasteiger partial charge on any atom is -0.357 e. The van der Waals surface area contributed by atoms with E-state index in [1.807, 2.05) is 42.6 Å².